The third-order valence-corrected chi connectivity index (χ3v) is 5.97. The van der Waals surface area contributed by atoms with E-state index in [1.165, 1.54) is 0 Å². The van der Waals surface area contributed by atoms with E-state index in [0.29, 0.717) is 31.0 Å². The van der Waals surface area contributed by atoms with Crippen molar-refractivity contribution in [3.05, 3.63) is 52.8 Å². The molecule has 27 heavy (non-hydrogen) atoms. The Hall–Kier alpha value is -2.63. The minimum Gasteiger partial charge on any atom is -0.341 e. The molecule has 2 aliphatic heterocycles. The van der Waals surface area contributed by atoms with Crippen LogP contribution in [0.1, 0.15) is 40.2 Å². The summed E-state index contributed by atoms with van der Waals surface area (Å²) in [5, 5.41) is 4.49. The van der Waals surface area contributed by atoms with Gasteiger partial charge in [-0.1, -0.05) is 12.1 Å². The van der Waals surface area contributed by atoms with E-state index >= 15 is 0 Å². The van der Waals surface area contributed by atoms with Gasteiger partial charge in [0, 0.05) is 37.8 Å². The van der Waals surface area contributed by atoms with Gasteiger partial charge in [0.1, 0.15) is 0 Å². The molecule has 0 radical (unpaired) electrons. The second-order valence-electron chi connectivity index (χ2n) is 7.86. The maximum Gasteiger partial charge on any atom is 0.253 e. The number of nitrogens with zero attached hydrogens (tertiary/aromatic N) is 4. The summed E-state index contributed by atoms with van der Waals surface area (Å²) in [5.41, 5.74) is 3.97. The Morgan fingerprint density at radius 1 is 1.22 bits per heavy atom. The van der Waals surface area contributed by atoms with E-state index in [1.807, 2.05) is 59.6 Å². The maximum absolute atomic E-state index is 12.9. The molecule has 2 atom stereocenters. The van der Waals surface area contributed by atoms with Gasteiger partial charge in [0.25, 0.3) is 5.91 Å². The molecule has 0 N–H and O–H groups in total. The molecule has 0 aliphatic carbocycles. The molecule has 3 heterocycles. The number of carbonyl (C=O) groups is 2. The number of amides is 2. The summed E-state index contributed by atoms with van der Waals surface area (Å²) in [6.45, 7) is 6.11. The van der Waals surface area contributed by atoms with Gasteiger partial charge in [-0.2, -0.15) is 5.10 Å². The average Bonchev–Trinajstić information content (AvgIpc) is 3.12. The lowest BCUT2D eigenvalue weighted by molar-refractivity contribution is -0.127. The fraction of sp³-hybridized carbons (Fsp3) is 0.476. The van der Waals surface area contributed by atoms with Crippen LogP contribution in [-0.2, 0) is 11.3 Å². The highest BCUT2D eigenvalue weighted by atomic mass is 16.2. The Morgan fingerprint density at radius 2 is 1.96 bits per heavy atom. The molecule has 0 spiro atoms. The molecule has 1 aromatic heterocycles. The van der Waals surface area contributed by atoms with Crippen LogP contribution >= 0.6 is 0 Å². The number of aromatic nitrogens is 2. The van der Waals surface area contributed by atoms with Crippen molar-refractivity contribution in [2.24, 2.45) is 5.92 Å². The molecule has 2 amide bonds. The molecule has 6 heteroatoms. The van der Waals surface area contributed by atoms with Gasteiger partial charge in [0.2, 0.25) is 5.91 Å². The lowest BCUT2D eigenvalue weighted by atomic mass is 9.92. The van der Waals surface area contributed by atoms with E-state index in [1.54, 1.807) is 0 Å². The number of rotatable bonds is 3. The van der Waals surface area contributed by atoms with Gasteiger partial charge in [-0.15, -0.1) is 0 Å². The van der Waals surface area contributed by atoms with Crippen molar-refractivity contribution in [1.82, 2.24) is 19.6 Å². The van der Waals surface area contributed by atoms with Crippen LogP contribution in [0.2, 0.25) is 0 Å². The summed E-state index contributed by atoms with van der Waals surface area (Å²) in [5.74, 6) is 0.654. The van der Waals surface area contributed by atoms with Crippen molar-refractivity contribution in [3.63, 3.8) is 0 Å². The summed E-state index contributed by atoms with van der Waals surface area (Å²) in [6.07, 6.45) is 1.53. The first-order chi connectivity index (χ1) is 12.9. The number of hydrogen-bond acceptors (Lipinski definition) is 3. The second kappa shape index (κ2) is 6.83. The Labute approximate surface area is 159 Å². The quantitative estimate of drug-likeness (QED) is 0.837. The predicted octanol–water partition coefficient (Wildman–Crippen LogP) is 2.24. The third kappa shape index (κ3) is 3.36. The molecular formula is C21H26N4O2. The predicted molar refractivity (Wildman–Crippen MR) is 102 cm³/mol. The van der Waals surface area contributed by atoms with E-state index in [2.05, 4.69) is 11.2 Å². The highest BCUT2D eigenvalue weighted by molar-refractivity contribution is 5.94. The standard InChI is InChI=1S/C21H26N4O2/c1-14-10-15(2)25(22-14)12-16-4-6-17(7-5-16)21(27)24-9-8-18-11-20(26)23(3)19(18)13-24/h4-7,10,18-19H,8-9,11-13H2,1-3H3/t18-,19-/m1/s1. The van der Waals surface area contributed by atoms with Crippen molar-refractivity contribution >= 4 is 11.8 Å². The van der Waals surface area contributed by atoms with Gasteiger partial charge in [-0.05, 0) is 49.9 Å². The molecule has 0 unspecified atom stereocenters. The zero-order chi connectivity index (χ0) is 19.1. The summed E-state index contributed by atoms with van der Waals surface area (Å²) in [7, 11) is 1.86. The normalized spacial score (nSPS) is 22.3. The number of aryl methyl sites for hydroxylation is 2. The van der Waals surface area contributed by atoms with Gasteiger partial charge in [0.05, 0.1) is 18.3 Å². The number of likely N-dealkylation sites (N-methyl/N-ethyl adjacent to an activating group) is 1. The van der Waals surface area contributed by atoms with Crippen LogP contribution in [0.5, 0.6) is 0 Å². The largest absolute Gasteiger partial charge is 0.341 e. The zero-order valence-corrected chi connectivity index (χ0v) is 16.2. The summed E-state index contributed by atoms with van der Waals surface area (Å²) in [4.78, 5) is 28.5. The monoisotopic (exact) mass is 366 g/mol. The number of carbonyl (C=O) groups excluding carboxylic acids is 2. The molecule has 0 bridgehead atoms. The fourth-order valence-electron chi connectivity index (χ4n) is 4.34. The smallest absolute Gasteiger partial charge is 0.253 e. The molecule has 6 nitrogen and oxygen atoms in total. The topological polar surface area (TPSA) is 58.4 Å². The van der Waals surface area contributed by atoms with Crippen LogP contribution in [0.4, 0.5) is 0 Å². The lowest BCUT2D eigenvalue weighted by Crippen LogP contribution is -2.49. The number of fused-ring (bicyclic) bond motifs is 1. The number of piperidine rings is 1. The highest BCUT2D eigenvalue weighted by Crippen LogP contribution is 2.31. The minimum atomic E-state index is 0.0545. The minimum absolute atomic E-state index is 0.0545. The number of benzene rings is 1. The van der Waals surface area contributed by atoms with Gasteiger partial charge in [0.15, 0.2) is 0 Å². The Morgan fingerprint density at radius 3 is 2.63 bits per heavy atom. The average molecular weight is 366 g/mol. The molecule has 2 aromatic rings. The van der Waals surface area contributed by atoms with Crippen LogP contribution in [0.15, 0.2) is 30.3 Å². The lowest BCUT2D eigenvalue weighted by Gasteiger charge is -2.37. The van der Waals surface area contributed by atoms with Crippen LogP contribution in [-0.4, -0.2) is 57.6 Å². The molecule has 4 rings (SSSR count). The molecule has 2 aliphatic rings. The van der Waals surface area contributed by atoms with E-state index in [4.69, 9.17) is 0 Å². The Balaban J connectivity index is 1.43. The van der Waals surface area contributed by atoms with Gasteiger partial charge < -0.3 is 9.80 Å². The first-order valence-corrected chi connectivity index (χ1v) is 9.57. The van der Waals surface area contributed by atoms with Crippen molar-refractivity contribution < 1.29 is 9.59 Å². The fourth-order valence-corrected chi connectivity index (χ4v) is 4.34. The summed E-state index contributed by atoms with van der Waals surface area (Å²) < 4.78 is 1.98. The van der Waals surface area contributed by atoms with E-state index in [9.17, 15) is 9.59 Å². The third-order valence-electron chi connectivity index (χ3n) is 5.97. The molecular weight excluding hydrogens is 340 g/mol. The van der Waals surface area contributed by atoms with Crippen LogP contribution in [0.25, 0.3) is 0 Å². The first kappa shape index (κ1) is 17.8. The highest BCUT2D eigenvalue weighted by Gasteiger charge is 2.42. The summed E-state index contributed by atoms with van der Waals surface area (Å²) >= 11 is 0. The van der Waals surface area contributed by atoms with Crippen molar-refractivity contribution in [1.29, 1.82) is 0 Å². The van der Waals surface area contributed by atoms with Crippen LogP contribution in [0.3, 0.4) is 0 Å². The van der Waals surface area contributed by atoms with Gasteiger partial charge in [-0.3, -0.25) is 14.3 Å². The van der Waals surface area contributed by atoms with Crippen LogP contribution < -0.4 is 0 Å². The number of likely N-dealkylation sites (tertiary alicyclic amines) is 2. The maximum atomic E-state index is 12.9. The Bertz CT molecular complexity index is 871. The molecule has 2 fully saturated rings. The zero-order valence-electron chi connectivity index (χ0n) is 16.2. The van der Waals surface area contributed by atoms with Crippen molar-refractivity contribution in [2.75, 3.05) is 20.1 Å². The van der Waals surface area contributed by atoms with Crippen LogP contribution in [0, 0.1) is 19.8 Å². The molecule has 0 saturated carbocycles. The van der Waals surface area contributed by atoms with Crippen molar-refractivity contribution in [3.8, 4) is 0 Å². The van der Waals surface area contributed by atoms with E-state index in [0.717, 1.165) is 29.9 Å². The molecule has 2 saturated heterocycles. The second-order valence-corrected chi connectivity index (χ2v) is 7.86. The first-order valence-electron chi connectivity index (χ1n) is 9.57. The van der Waals surface area contributed by atoms with Crippen molar-refractivity contribution in [2.45, 2.75) is 39.3 Å². The van der Waals surface area contributed by atoms with Gasteiger partial charge in [-0.25, -0.2) is 0 Å². The molecule has 1 aromatic carbocycles. The molecule has 142 valence electrons. The van der Waals surface area contributed by atoms with E-state index in [-0.39, 0.29) is 17.9 Å². The Kier molecular flexibility index (Phi) is 4.50. The van der Waals surface area contributed by atoms with E-state index < -0.39 is 0 Å². The SMILES string of the molecule is Cc1cc(C)n(Cc2ccc(C(=O)N3CC[C@@H]4CC(=O)N(C)[C@@H]4C3)cc2)n1. The number of hydrogen-bond donors (Lipinski definition) is 0. The van der Waals surface area contributed by atoms with Gasteiger partial charge >= 0.3 is 0 Å². The summed E-state index contributed by atoms with van der Waals surface area (Å²) in [6, 6.07) is 10.0.